The Bertz CT molecular complexity index is 910. The molecule has 3 rings (SSSR count). The second-order valence-electron chi connectivity index (χ2n) is 6.20. The molecule has 28 heavy (non-hydrogen) atoms. The molecular weight excluding hydrogens is 366 g/mol. The predicted octanol–water partition coefficient (Wildman–Crippen LogP) is 3.58. The Balaban J connectivity index is 1.93. The Labute approximate surface area is 161 Å². The summed E-state index contributed by atoms with van der Waals surface area (Å²) in [6.07, 6.45) is 0.495. The fraction of sp³-hybridized carbons (Fsp3) is 0.238. The standard InChI is InChI=1S/C21H20F2N2O3/c1-2-28-12-4-11-25-20(26)18(14-7-9-15(22)10-8-14)19(21(25)27)24-17-6-3-5-16(23)13-17/h3,5-10,13,24H,2,4,11-12H2,1H3. The van der Waals surface area contributed by atoms with Gasteiger partial charge in [-0.05, 0) is 49.2 Å². The number of anilines is 1. The van der Waals surface area contributed by atoms with Gasteiger partial charge in [-0.1, -0.05) is 18.2 Å². The number of nitrogens with one attached hydrogen (secondary N) is 1. The lowest BCUT2D eigenvalue weighted by Gasteiger charge is -2.15. The monoisotopic (exact) mass is 386 g/mol. The van der Waals surface area contributed by atoms with Crippen molar-refractivity contribution in [3.63, 3.8) is 0 Å². The fourth-order valence-electron chi connectivity index (χ4n) is 2.96. The second kappa shape index (κ2) is 8.75. The van der Waals surface area contributed by atoms with Crippen LogP contribution in [-0.4, -0.2) is 36.5 Å². The molecule has 0 atom stereocenters. The topological polar surface area (TPSA) is 58.6 Å². The van der Waals surface area contributed by atoms with Crippen LogP contribution in [0.25, 0.3) is 5.57 Å². The van der Waals surface area contributed by atoms with E-state index in [1.54, 1.807) is 6.07 Å². The van der Waals surface area contributed by atoms with Crippen molar-refractivity contribution in [2.75, 3.05) is 25.1 Å². The van der Waals surface area contributed by atoms with Crippen molar-refractivity contribution < 1.29 is 23.1 Å². The average molecular weight is 386 g/mol. The van der Waals surface area contributed by atoms with E-state index in [9.17, 15) is 18.4 Å². The maximum Gasteiger partial charge on any atom is 0.278 e. The summed E-state index contributed by atoms with van der Waals surface area (Å²) >= 11 is 0. The number of ether oxygens (including phenoxy) is 1. The van der Waals surface area contributed by atoms with Crippen molar-refractivity contribution in [2.24, 2.45) is 0 Å². The summed E-state index contributed by atoms with van der Waals surface area (Å²) in [7, 11) is 0. The third-order valence-corrected chi connectivity index (χ3v) is 4.27. The third kappa shape index (κ3) is 4.26. The first-order chi connectivity index (χ1) is 13.5. The highest BCUT2D eigenvalue weighted by Crippen LogP contribution is 2.30. The minimum Gasteiger partial charge on any atom is -0.382 e. The summed E-state index contributed by atoms with van der Waals surface area (Å²) in [4.78, 5) is 27.0. The van der Waals surface area contributed by atoms with E-state index in [1.165, 1.54) is 42.5 Å². The first-order valence-electron chi connectivity index (χ1n) is 8.98. The van der Waals surface area contributed by atoms with Gasteiger partial charge < -0.3 is 10.1 Å². The lowest BCUT2D eigenvalue weighted by atomic mass is 10.0. The Morgan fingerprint density at radius 3 is 2.43 bits per heavy atom. The van der Waals surface area contributed by atoms with E-state index in [0.717, 1.165) is 4.90 Å². The first-order valence-corrected chi connectivity index (χ1v) is 8.98. The molecule has 0 unspecified atom stereocenters. The van der Waals surface area contributed by atoms with Crippen molar-refractivity contribution in [3.05, 3.63) is 71.4 Å². The number of halogens is 2. The van der Waals surface area contributed by atoms with Crippen LogP contribution in [0.5, 0.6) is 0 Å². The van der Waals surface area contributed by atoms with Gasteiger partial charge in [-0.15, -0.1) is 0 Å². The van der Waals surface area contributed by atoms with E-state index in [4.69, 9.17) is 4.74 Å². The molecule has 0 spiro atoms. The molecule has 1 N–H and O–H groups in total. The van der Waals surface area contributed by atoms with Gasteiger partial charge in [-0.25, -0.2) is 8.78 Å². The lowest BCUT2D eigenvalue weighted by molar-refractivity contribution is -0.137. The molecule has 0 aromatic heterocycles. The zero-order valence-corrected chi connectivity index (χ0v) is 15.4. The van der Waals surface area contributed by atoms with Gasteiger partial charge in [0.2, 0.25) is 0 Å². The minimum atomic E-state index is -0.509. The van der Waals surface area contributed by atoms with Gasteiger partial charge in [0.1, 0.15) is 17.3 Å². The normalized spacial score (nSPS) is 14.2. The number of benzene rings is 2. The fourth-order valence-corrected chi connectivity index (χ4v) is 2.96. The molecule has 1 aliphatic heterocycles. The Hall–Kier alpha value is -3.06. The van der Waals surface area contributed by atoms with E-state index >= 15 is 0 Å². The molecule has 0 saturated heterocycles. The Morgan fingerprint density at radius 2 is 1.75 bits per heavy atom. The first kappa shape index (κ1) is 19.7. The molecule has 5 nitrogen and oxygen atoms in total. The summed E-state index contributed by atoms with van der Waals surface area (Å²) in [5.41, 5.74) is 0.919. The van der Waals surface area contributed by atoms with Crippen LogP contribution in [0.15, 0.2) is 54.2 Å². The molecular formula is C21H20F2N2O3. The molecule has 0 bridgehead atoms. The van der Waals surface area contributed by atoms with Gasteiger partial charge in [0.05, 0.1) is 5.57 Å². The van der Waals surface area contributed by atoms with E-state index in [1.807, 2.05) is 6.92 Å². The van der Waals surface area contributed by atoms with Crippen LogP contribution in [0.3, 0.4) is 0 Å². The molecule has 1 heterocycles. The average Bonchev–Trinajstić information content (AvgIpc) is 2.90. The second-order valence-corrected chi connectivity index (χ2v) is 6.20. The van der Waals surface area contributed by atoms with E-state index in [-0.39, 0.29) is 17.8 Å². The highest BCUT2D eigenvalue weighted by molar-refractivity contribution is 6.36. The van der Waals surface area contributed by atoms with Crippen LogP contribution in [-0.2, 0) is 14.3 Å². The number of carbonyl (C=O) groups is 2. The summed E-state index contributed by atoms with van der Waals surface area (Å²) in [5.74, 6) is -1.91. The number of carbonyl (C=O) groups excluding carboxylic acids is 2. The number of nitrogens with zero attached hydrogens (tertiary/aromatic N) is 1. The maximum atomic E-state index is 13.5. The molecule has 7 heteroatoms. The predicted molar refractivity (Wildman–Crippen MR) is 101 cm³/mol. The van der Waals surface area contributed by atoms with E-state index < -0.39 is 23.4 Å². The molecule has 1 aliphatic rings. The summed E-state index contributed by atoms with van der Waals surface area (Å²) in [5, 5.41) is 2.86. The summed E-state index contributed by atoms with van der Waals surface area (Å²) in [6, 6.07) is 10.9. The van der Waals surface area contributed by atoms with Crippen molar-refractivity contribution >= 4 is 23.1 Å². The van der Waals surface area contributed by atoms with Gasteiger partial charge in [0, 0.05) is 25.4 Å². The number of imide groups is 1. The Kier molecular flexibility index (Phi) is 6.16. The minimum absolute atomic E-state index is 0.0404. The molecule has 2 amide bonds. The quantitative estimate of drug-likeness (QED) is 0.557. The number of hydrogen-bond acceptors (Lipinski definition) is 4. The van der Waals surface area contributed by atoms with Crippen LogP contribution in [0.4, 0.5) is 14.5 Å². The highest BCUT2D eigenvalue weighted by atomic mass is 19.1. The lowest BCUT2D eigenvalue weighted by Crippen LogP contribution is -2.34. The van der Waals surface area contributed by atoms with Crippen LogP contribution in [0.2, 0.25) is 0 Å². The summed E-state index contributed by atoms with van der Waals surface area (Å²) in [6.45, 7) is 3.03. The SMILES string of the molecule is CCOCCCN1C(=O)C(Nc2cccc(F)c2)=C(c2ccc(F)cc2)C1=O. The van der Waals surface area contributed by atoms with Crippen molar-refractivity contribution in [3.8, 4) is 0 Å². The van der Waals surface area contributed by atoms with Crippen molar-refractivity contribution in [1.29, 1.82) is 0 Å². The third-order valence-electron chi connectivity index (χ3n) is 4.27. The summed E-state index contributed by atoms with van der Waals surface area (Å²) < 4.78 is 32.1. The largest absolute Gasteiger partial charge is 0.382 e. The number of amides is 2. The molecule has 0 radical (unpaired) electrons. The zero-order valence-electron chi connectivity index (χ0n) is 15.4. The van der Waals surface area contributed by atoms with Gasteiger partial charge in [0.25, 0.3) is 11.8 Å². The maximum absolute atomic E-state index is 13.5. The van der Waals surface area contributed by atoms with Gasteiger partial charge in [0.15, 0.2) is 0 Å². The van der Waals surface area contributed by atoms with Crippen LogP contribution in [0.1, 0.15) is 18.9 Å². The van der Waals surface area contributed by atoms with Gasteiger partial charge >= 0.3 is 0 Å². The molecule has 0 fully saturated rings. The zero-order chi connectivity index (χ0) is 20.1. The van der Waals surface area contributed by atoms with Crippen molar-refractivity contribution in [2.45, 2.75) is 13.3 Å². The molecule has 2 aromatic rings. The van der Waals surface area contributed by atoms with E-state index in [0.29, 0.717) is 30.9 Å². The Morgan fingerprint density at radius 1 is 1.00 bits per heavy atom. The molecule has 0 saturated carbocycles. The van der Waals surface area contributed by atoms with E-state index in [2.05, 4.69) is 5.32 Å². The smallest absolute Gasteiger partial charge is 0.278 e. The molecule has 146 valence electrons. The van der Waals surface area contributed by atoms with Crippen LogP contribution >= 0.6 is 0 Å². The molecule has 2 aromatic carbocycles. The van der Waals surface area contributed by atoms with Gasteiger partial charge in [-0.2, -0.15) is 0 Å². The van der Waals surface area contributed by atoms with Crippen molar-refractivity contribution in [1.82, 2.24) is 4.90 Å². The van der Waals surface area contributed by atoms with Crippen LogP contribution in [0, 0.1) is 11.6 Å². The van der Waals surface area contributed by atoms with Crippen LogP contribution < -0.4 is 5.32 Å². The number of rotatable bonds is 8. The van der Waals surface area contributed by atoms with Gasteiger partial charge in [-0.3, -0.25) is 14.5 Å². The molecule has 0 aliphatic carbocycles. The highest BCUT2D eigenvalue weighted by Gasteiger charge is 2.38. The number of hydrogen-bond donors (Lipinski definition) is 1.